The van der Waals surface area contributed by atoms with Crippen LogP contribution in [0.15, 0.2) is 48.9 Å². The second kappa shape index (κ2) is 7.33. The molecule has 5 heteroatoms. The highest BCUT2D eigenvalue weighted by atomic mass is 16.5. The highest BCUT2D eigenvalue weighted by molar-refractivity contribution is 5.52. The van der Waals surface area contributed by atoms with Crippen molar-refractivity contribution in [1.29, 1.82) is 0 Å². The van der Waals surface area contributed by atoms with Crippen molar-refractivity contribution < 1.29 is 4.74 Å². The molecule has 0 aliphatic carbocycles. The van der Waals surface area contributed by atoms with Gasteiger partial charge in [0.25, 0.3) is 0 Å². The fraction of sp³-hybridized carbons (Fsp3) is 0.400. The lowest BCUT2D eigenvalue weighted by Gasteiger charge is -2.23. The predicted molar refractivity (Wildman–Crippen MR) is 97.5 cm³/mol. The van der Waals surface area contributed by atoms with Gasteiger partial charge in [-0.05, 0) is 37.6 Å². The molecule has 0 N–H and O–H groups in total. The first-order valence-electron chi connectivity index (χ1n) is 8.91. The summed E-state index contributed by atoms with van der Waals surface area (Å²) in [5.41, 5.74) is 4.55. The Morgan fingerprint density at radius 1 is 1.20 bits per heavy atom. The zero-order valence-electron chi connectivity index (χ0n) is 14.6. The molecule has 1 atom stereocenters. The van der Waals surface area contributed by atoms with Crippen LogP contribution >= 0.6 is 0 Å². The first kappa shape index (κ1) is 16.2. The van der Waals surface area contributed by atoms with Crippen LogP contribution in [0.3, 0.4) is 0 Å². The minimum atomic E-state index is 0.445. The fourth-order valence-electron chi connectivity index (χ4n) is 3.60. The van der Waals surface area contributed by atoms with E-state index in [9.17, 15) is 0 Å². The number of hydrogen-bond acceptors (Lipinski definition) is 4. The van der Waals surface area contributed by atoms with E-state index in [-0.39, 0.29) is 0 Å². The van der Waals surface area contributed by atoms with Gasteiger partial charge in [0.05, 0.1) is 30.1 Å². The van der Waals surface area contributed by atoms with Crippen molar-refractivity contribution in [2.24, 2.45) is 5.92 Å². The Bertz CT molecular complexity index is 844. The maximum Gasteiger partial charge on any atom is 0.0666 e. The molecule has 3 aromatic rings. The standard InChI is InChI=1S/C20H24N4O/c1-16-4-2-5-18(22-16)14-23-10-11-25-15-17(13-23)12-19-20-6-3-8-24(20)9-7-21-19/h2-9,17H,10-15H2,1H3. The largest absolute Gasteiger partial charge is 0.380 e. The van der Waals surface area contributed by atoms with Crippen molar-refractivity contribution >= 4 is 5.52 Å². The first-order chi connectivity index (χ1) is 12.3. The third kappa shape index (κ3) is 3.89. The molecule has 0 radical (unpaired) electrons. The number of hydrogen-bond donors (Lipinski definition) is 0. The number of aryl methyl sites for hydroxylation is 1. The van der Waals surface area contributed by atoms with E-state index in [0.717, 1.165) is 56.4 Å². The van der Waals surface area contributed by atoms with Crippen LogP contribution in [-0.4, -0.2) is 45.6 Å². The predicted octanol–water partition coefficient (Wildman–Crippen LogP) is 2.73. The van der Waals surface area contributed by atoms with E-state index in [0.29, 0.717) is 5.92 Å². The van der Waals surface area contributed by atoms with Crippen molar-refractivity contribution in [3.63, 3.8) is 0 Å². The van der Waals surface area contributed by atoms with Crippen LogP contribution in [0.4, 0.5) is 0 Å². The van der Waals surface area contributed by atoms with Crippen LogP contribution in [0.1, 0.15) is 17.1 Å². The Labute approximate surface area is 148 Å². The Morgan fingerprint density at radius 2 is 2.16 bits per heavy atom. The van der Waals surface area contributed by atoms with Crippen LogP contribution in [0.2, 0.25) is 0 Å². The topological polar surface area (TPSA) is 42.7 Å². The lowest BCUT2D eigenvalue weighted by Crippen LogP contribution is -2.31. The Balaban J connectivity index is 1.47. The summed E-state index contributed by atoms with van der Waals surface area (Å²) in [5, 5.41) is 0. The number of nitrogens with zero attached hydrogens (tertiary/aromatic N) is 4. The molecule has 3 aromatic heterocycles. The first-order valence-corrected chi connectivity index (χ1v) is 8.91. The van der Waals surface area contributed by atoms with Crippen molar-refractivity contribution in [3.8, 4) is 0 Å². The summed E-state index contributed by atoms with van der Waals surface area (Å²) in [5.74, 6) is 0.445. The zero-order valence-corrected chi connectivity index (χ0v) is 14.6. The van der Waals surface area contributed by atoms with E-state index in [1.807, 2.05) is 25.4 Å². The monoisotopic (exact) mass is 336 g/mol. The molecule has 0 amide bonds. The molecule has 0 bridgehead atoms. The average molecular weight is 336 g/mol. The van der Waals surface area contributed by atoms with E-state index in [1.54, 1.807) is 0 Å². The Kier molecular flexibility index (Phi) is 4.76. The summed E-state index contributed by atoms with van der Waals surface area (Å²) in [6.07, 6.45) is 6.89. The maximum atomic E-state index is 5.87. The summed E-state index contributed by atoms with van der Waals surface area (Å²) in [6, 6.07) is 10.4. The molecule has 4 heterocycles. The molecule has 1 aliphatic rings. The smallest absolute Gasteiger partial charge is 0.0666 e. The lowest BCUT2D eigenvalue weighted by atomic mass is 10.0. The number of aromatic nitrogens is 3. The second-order valence-electron chi connectivity index (χ2n) is 6.83. The Morgan fingerprint density at radius 3 is 3.08 bits per heavy atom. The van der Waals surface area contributed by atoms with Crippen LogP contribution in [-0.2, 0) is 17.7 Å². The van der Waals surface area contributed by atoms with Gasteiger partial charge in [-0.2, -0.15) is 0 Å². The third-order valence-corrected chi connectivity index (χ3v) is 4.77. The van der Waals surface area contributed by atoms with E-state index >= 15 is 0 Å². The minimum absolute atomic E-state index is 0.445. The molecule has 130 valence electrons. The van der Waals surface area contributed by atoms with Gasteiger partial charge in [-0.1, -0.05) is 6.07 Å². The fourth-order valence-corrected chi connectivity index (χ4v) is 3.60. The summed E-state index contributed by atoms with van der Waals surface area (Å²) < 4.78 is 8.00. The second-order valence-corrected chi connectivity index (χ2v) is 6.83. The molecule has 0 saturated carbocycles. The Hall–Kier alpha value is -2.24. The summed E-state index contributed by atoms with van der Waals surface area (Å²) >= 11 is 0. The van der Waals surface area contributed by atoms with E-state index in [2.05, 4.69) is 49.7 Å². The molecule has 0 aromatic carbocycles. The van der Waals surface area contributed by atoms with Gasteiger partial charge in [-0.25, -0.2) is 0 Å². The SMILES string of the molecule is Cc1cccc(CN2CCOCC(Cc3nccn4cccc34)C2)n1. The molecular weight excluding hydrogens is 312 g/mol. The summed E-state index contributed by atoms with van der Waals surface area (Å²) in [7, 11) is 0. The third-order valence-electron chi connectivity index (χ3n) is 4.77. The van der Waals surface area contributed by atoms with E-state index in [4.69, 9.17) is 4.74 Å². The van der Waals surface area contributed by atoms with E-state index in [1.165, 1.54) is 5.52 Å². The van der Waals surface area contributed by atoms with Gasteiger partial charge in [0.15, 0.2) is 0 Å². The molecular formula is C20H24N4O. The molecule has 1 fully saturated rings. The van der Waals surface area contributed by atoms with Gasteiger partial charge in [0.2, 0.25) is 0 Å². The number of fused-ring (bicyclic) bond motifs is 1. The number of rotatable bonds is 4. The van der Waals surface area contributed by atoms with Crippen molar-refractivity contribution in [2.45, 2.75) is 19.9 Å². The number of ether oxygens (including phenoxy) is 1. The molecule has 1 aliphatic heterocycles. The highest BCUT2D eigenvalue weighted by Crippen LogP contribution is 2.18. The normalized spacial score (nSPS) is 19.2. The molecule has 1 saturated heterocycles. The van der Waals surface area contributed by atoms with Gasteiger partial charge < -0.3 is 9.14 Å². The van der Waals surface area contributed by atoms with Crippen molar-refractivity contribution in [1.82, 2.24) is 19.3 Å². The van der Waals surface area contributed by atoms with Crippen LogP contribution in [0, 0.1) is 12.8 Å². The maximum absolute atomic E-state index is 5.87. The quantitative estimate of drug-likeness (QED) is 0.735. The molecule has 0 spiro atoms. The molecule has 25 heavy (non-hydrogen) atoms. The lowest BCUT2D eigenvalue weighted by molar-refractivity contribution is 0.121. The van der Waals surface area contributed by atoms with Gasteiger partial charge in [0.1, 0.15) is 0 Å². The zero-order chi connectivity index (χ0) is 17.1. The summed E-state index contributed by atoms with van der Waals surface area (Å²) in [6.45, 7) is 6.46. The van der Waals surface area contributed by atoms with Crippen molar-refractivity contribution in [2.75, 3.05) is 26.3 Å². The van der Waals surface area contributed by atoms with Crippen LogP contribution < -0.4 is 0 Å². The molecule has 4 rings (SSSR count). The molecule has 1 unspecified atom stereocenters. The van der Waals surface area contributed by atoms with Gasteiger partial charge in [-0.15, -0.1) is 0 Å². The van der Waals surface area contributed by atoms with Gasteiger partial charge >= 0.3 is 0 Å². The van der Waals surface area contributed by atoms with E-state index < -0.39 is 0 Å². The highest BCUT2D eigenvalue weighted by Gasteiger charge is 2.21. The number of pyridine rings is 1. The van der Waals surface area contributed by atoms with Gasteiger partial charge in [-0.3, -0.25) is 14.9 Å². The van der Waals surface area contributed by atoms with Crippen molar-refractivity contribution in [3.05, 3.63) is 66.0 Å². The minimum Gasteiger partial charge on any atom is -0.380 e. The molecule has 5 nitrogen and oxygen atoms in total. The van der Waals surface area contributed by atoms with Crippen LogP contribution in [0.5, 0.6) is 0 Å². The summed E-state index contributed by atoms with van der Waals surface area (Å²) in [4.78, 5) is 11.7. The van der Waals surface area contributed by atoms with Gasteiger partial charge in [0, 0.05) is 49.8 Å². The average Bonchev–Trinajstić information content (AvgIpc) is 2.98. The van der Waals surface area contributed by atoms with Crippen LogP contribution in [0.25, 0.3) is 5.52 Å².